The maximum Gasteiger partial charge on any atom is 0.255 e. The standard InChI is InChI=1S/C14H21ClN2O2/c1-4-10(2)17(7-8-19-3)14(18)12-9-11(16)5-6-13(12)15/h5-6,9-10H,4,7-8,16H2,1-3H3. The van der Waals surface area contributed by atoms with Crippen LogP contribution in [0.1, 0.15) is 30.6 Å². The number of rotatable bonds is 6. The molecule has 0 aliphatic heterocycles. The van der Waals surface area contributed by atoms with E-state index in [0.717, 1.165) is 6.42 Å². The van der Waals surface area contributed by atoms with E-state index in [9.17, 15) is 4.79 Å². The summed E-state index contributed by atoms with van der Waals surface area (Å²) in [5.74, 6) is -0.108. The fourth-order valence-electron chi connectivity index (χ4n) is 1.79. The maximum absolute atomic E-state index is 12.6. The summed E-state index contributed by atoms with van der Waals surface area (Å²) in [5, 5.41) is 0.421. The monoisotopic (exact) mass is 284 g/mol. The minimum absolute atomic E-state index is 0.108. The summed E-state index contributed by atoms with van der Waals surface area (Å²) >= 11 is 6.08. The summed E-state index contributed by atoms with van der Waals surface area (Å²) in [7, 11) is 1.62. The summed E-state index contributed by atoms with van der Waals surface area (Å²) in [6.45, 7) is 5.08. The number of nitrogens with two attached hydrogens (primary N) is 1. The lowest BCUT2D eigenvalue weighted by Gasteiger charge is -2.28. The van der Waals surface area contributed by atoms with Crippen LogP contribution in [0, 0.1) is 0 Å². The third kappa shape index (κ3) is 4.11. The molecule has 0 heterocycles. The van der Waals surface area contributed by atoms with Crippen molar-refractivity contribution in [1.82, 2.24) is 4.90 Å². The number of carbonyl (C=O) groups excluding carboxylic acids is 1. The van der Waals surface area contributed by atoms with Gasteiger partial charge in [0.1, 0.15) is 0 Å². The molecule has 0 spiro atoms. The average Bonchev–Trinajstić information content (AvgIpc) is 2.41. The number of nitrogens with zero attached hydrogens (tertiary/aromatic N) is 1. The van der Waals surface area contributed by atoms with Crippen molar-refractivity contribution >= 4 is 23.2 Å². The number of halogens is 1. The van der Waals surface area contributed by atoms with E-state index in [2.05, 4.69) is 0 Å². The lowest BCUT2D eigenvalue weighted by molar-refractivity contribution is 0.0614. The van der Waals surface area contributed by atoms with Crippen molar-refractivity contribution in [1.29, 1.82) is 0 Å². The number of anilines is 1. The van der Waals surface area contributed by atoms with Gasteiger partial charge in [0.2, 0.25) is 0 Å². The summed E-state index contributed by atoms with van der Waals surface area (Å²) in [6, 6.07) is 5.07. The van der Waals surface area contributed by atoms with E-state index in [-0.39, 0.29) is 11.9 Å². The van der Waals surface area contributed by atoms with Crippen molar-refractivity contribution in [2.45, 2.75) is 26.3 Å². The smallest absolute Gasteiger partial charge is 0.255 e. The molecule has 0 radical (unpaired) electrons. The Morgan fingerprint density at radius 3 is 2.79 bits per heavy atom. The topological polar surface area (TPSA) is 55.6 Å². The largest absolute Gasteiger partial charge is 0.399 e. The van der Waals surface area contributed by atoms with Crippen LogP contribution in [0.4, 0.5) is 5.69 Å². The molecular formula is C14H21ClN2O2. The highest BCUT2D eigenvalue weighted by molar-refractivity contribution is 6.34. The zero-order chi connectivity index (χ0) is 14.4. The van der Waals surface area contributed by atoms with Gasteiger partial charge in [-0.3, -0.25) is 4.79 Å². The number of nitrogen functional groups attached to an aromatic ring is 1. The van der Waals surface area contributed by atoms with Gasteiger partial charge in [0.15, 0.2) is 0 Å². The maximum atomic E-state index is 12.6. The molecule has 1 aromatic rings. The van der Waals surface area contributed by atoms with Gasteiger partial charge in [-0.15, -0.1) is 0 Å². The van der Waals surface area contributed by atoms with E-state index in [4.69, 9.17) is 22.1 Å². The van der Waals surface area contributed by atoms with Gasteiger partial charge < -0.3 is 15.4 Å². The predicted octanol–water partition coefficient (Wildman–Crippen LogP) is 2.81. The molecule has 106 valence electrons. The van der Waals surface area contributed by atoms with Crippen molar-refractivity contribution in [3.8, 4) is 0 Å². The molecule has 1 aromatic carbocycles. The number of hydrogen-bond donors (Lipinski definition) is 1. The molecule has 5 heteroatoms. The van der Waals surface area contributed by atoms with Gasteiger partial charge in [0, 0.05) is 25.4 Å². The molecule has 0 bridgehead atoms. The van der Waals surface area contributed by atoms with Crippen LogP contribution >= 0.6 is 11.6 Å². The molecule has 1 unspecified atom stereocenters. The molecule has 0 aromatic heterocycles. The van der Waals surface area contributed by atoms with Crippen LogP contribution < -0.4 is 5.73 Å². The molecule has 4 nitrogen and oxygen atoms in total. The summed E-state index contributed by atoms with van der Waals surface area (Å²) in [5.41, 5.74) is 6.69. The second-order valence-corrected chi connectivity index (χ2v) is 4.90. The first kappa shape index (κ1) is 15.8. The molecule has 19 heavy (non-hydrogen) atoms. The quantitative estimate of drug-likeness (QED) is 0.817. The van der Waals surface area contributed by atoms with Gasteiger partial charge in [-0.1, -0.05) is 18.5 Å². The molecule has 0 aliphatic carbocycles. The first-order valence-corrected chi connectivity index (χ1v) is 6.74. The zero-order valence-corrected chi connectivity index (χ0v) is 12.4. The number of carbonyl (C=O) groups is 1. The Labute approximate surface area is 119 Å². The lowest BCUT2D eigenvalue weighted by Crippen LogP contribution is -2.40. The highest BCUT2D eigenvalue weighted by Gasteiger charge is 2.22. The lowest BCUT2D eigenvalue weighted by atomic mass is 10.1. The SMILES string of the molecule is CCC(C)N(CCOC)C(=O)c1cc(N)ccc1Cl. The fraction of sp³-hybridized carbons (Fsp3) is 0.500. The Bertz CT molecular complexity index is 437. The van der Waals surface area contributed by atoms with E-state index >= 15 is 0 Å². The first-order valence-electron chi connectivity index (χ1n) is 6.36. The average molecular weight is 285 g/mol. The molecule has 1 atom stereocenters. The van der Waals surface area contributed by atoms with Crippen molar-refractivity contribution in [2.24, 2.45) is 0 Å². The Morgan fingerprint density at radius 2 is 2.21 bits per heavy atom. The number of methoxy groups -OCH3 is 1. The van der Waals surface area contributed by atoms with Crippen LogP contribution in [-0.4, -0.2) is 37.1 Å². The van der Waals surface area contributed by atoms with Crippen molar-refractivity contribution in [3.05, 3.63) is 28.8 Å². The Kier molecular flexibility index (Phi) is 6.12. The minimum atomic E-state index is -0.108. The fourth-order valence-corrected chi connectivity index (χ4v) is 1.99. The van der Waals surface area contributed by atoms with Crippen LogP contribution in [0.2, 0.25) is 5.02 Å². The van der Waals surface area contributed by atoms with Crippen LogP contribution in [0.15, 0.2) is 18.2 Å². The number of hydrogen-bond acceptors (Lipinski definition) is 3. The molecule has 0 fully saturated rings. The Hall–Kier alpha value is -1.26. The number of amides is 1. The van der Waals surface area contributed by atoms with Crippen LogP contribution in [0.5, 0.6) is 0 Å². The van der Waals surface area contributed by atoms with Crippen LogP contribution in [0.25, 0.3) is 0 Å². The van der Waals surface area contributed by atoms with Crippen molar-refractivity contribution < 1.29 is 9.53 Å². The molecular weight excluding hydrogens is 264 g/mol. The van der Waals surface area contributed by atoms with Crippen molar-refractivity contribution in [3.63, 3.8) is 0 Å². The summed E-state index contributed by atoms with van der Waals surface area (Å²) < 4.78 is 5.06. The molecule has 0 aliphatic rings. The minimum Gasteiger partial charge on any atom is -0.399 e. The zero-order valence-electron chi connectivity index (χ0n) is 11.6. The highest BCUT2D eigenvalue weighted by Crippen LogP contribution is 2.22. The Morgan fingerprint density at radius 1 is 1.53 bits per heavy atom. The Balaban J connectivity index is 3.00. The van der Waals surface area contributed by atoms with Gasteiger partial charge >= 0.3 is 0 Å². The highest BCUT2D eigenvalue weighted by atomic mass is 35.5. The number of ether oxygens (including phenoxy) is 1. The van der Waals surface area contributed by atoms with Gasteiger partial charge in [-0.25, -0.2) is 0 Å². The van der Waals surface area contributed by atoms with Gasteiger partial charge in [-0.2, -0.15) is 0 Å². The van der Waals surface area contributed by atoms with Gasteiger partial charge in [-0.05, 0) is 31.5 Å². The summed E-state index contributed by atoms with van der Waals surface area (Å²) in [6.07, 6.45) is 0.870. The molecule has 1 rings (SSSR count). The molecule has 0 saturated heterocycles. The molecule has 2 N–H and O–H groups in total. The molecule has 1 amide bonds. The molecule has 0 saturated carbocycles. The third-order valence-electron chi connectivity index (χ3n) is 3.14. The number of benzene rings is 1. The van der Waals surface area contributed by atoms with E-state index in [1.165, 1.54) is 0 Å². The van der Waals surface area contributed by atoms with Crippen LogP contribution in [0.3, 0.4) is 0 Å². The summed E-state index contributed by atoms with van der Waals surface area (Å²) in [4.78, 5) is 14.3. The van der Waals surface area contributed by atoms with Crippen molar-refractivity contribution in [2.75, 3.05) is 26.0 Å². The van der Waals surface area contributed by atoms with E-state index < -0.39 is 0 Å². The van der Waals surface area contributed by atoms with Crippen LogP contribution in [-0.2, 0) is 4.74 Å². The third-order valence-corrected chi connectivity index (χ3v) is 3.47. The van der Waals surface area contributed by atoms with E-state index in [1.54, 1.807) is 30.2 Å². The first-order chi connectivity index (χ1) is 9.01. The predicted molar refractivity (Wildman–Crippen MR) is 78.5 cm³/mol. The van der Waals surface area contributed by atoms with Gasteiger partial charge in [0.05, 0.1) is 17.2 Å². The second-order valence-electron chi connectivity index (χ2n) is 4.49. The normalized spacial score (nSPS) is 12.2. The van der Waals surface area contributed by atoms with E-state index in [1.807, 2.05) is 13.8 Å². The van der Waals surface area contributed by atoms with Gasteiger partial charge in [0.25, 0.3) is 5.91 Å². The van der Waals surface area contributed by atoms with E-state index in [0.29, 0.717) is 29.4 Å². The second kappa shape index (κ2) is 7.36.